The molecule has 3 heterocycles. The van der Waals surface area contributed by atoms with Crippen molar-refractivity contribution in [1.29, 1.82) is 0 Å². The molecule has 4 aromatic rings. The summed E-state index contributed by atoms with van der Waals surface area (Å²) in [5.41, 5.74) is 0.614. The van der Waals surface area contributed by atoms with Gasteiger partial charge in [0.05, 0.1) is 35.1 Å². The van der Waals surface area contributed by atoms with E-state index in [2.05, 4.69) is 14.7 Å². The molecular formula is C30H28Cl2F3N6O5Si. The summed E-state index contributed by atoms with van der Waals surface area (Å²) < 4.78 is 49.9. The average molecular weight is 709 g/mol. The number of fused-ring (bicyclic) bond motifs is 1. The molecule has 2 aromatic carbocycles. The summed E-state index contributed by atoms with van der Waals surface area (Å²) >= 11 is 12.2. The fourth-order valence-corrected chi connectivity index (χ4v) is 6.77. The van der Waals surface area contributed by atoms with Gasteiger partial charge in [0.1, 0.15) is 11.6 Å². The van der Waals surface area contributed by atoms with Crippen LogP contribution in [-0.2, 0) is 24.8 Å². The lowest BCUT2D eigenvalue weighted by molar-refractivity contribution is -0.274. The first-order valence-corrected chi connectivity index (χ1v) is 17.0. The molecule has 0 fully saturated rings. The van der Waals surface area contributed by atoms with Crippen molar-refractivity contribution in [3.8, 4) is 11.6 Å². The maximum absolute atomic E-state index is 14.2. The lowest BCUT2D eigenvalue weighted by atomic mass is 9.98. The highest BCUT2D eigenvalue weighted by Crippen LogP contribution is 2.28. The van der Waals surface area contributed by atoms with E-state index in [-0.39, 0.29) is 53.8 Å². The van der Waals surface area contributed by atoms with E-state index >= 15 is 0 Å². The van der Waals surface area contributed by atoms with Crippen LogP contribution in [-0.4, -0.2) is 63.8 Å². The summed E-state index contributed by atoms with van der Waals surface area (Å²) in [7, 11) is -0.253. The van der Waals surface area contributed by atoms with Crippen molar-refractivity contribution in [2.24, 2.45) is 7.05 Å². The highest BCUT2D eigenvalue weighted by atomic mass is 35.5. The van der Waals surface area contributed by atoms with Crippen LogP contribution in [0.15, 0.2) is 53.5 Å². The van der Waals surface area contributed by atoms with Gasteiger partial charge in [-0.05, 0) is 62.3 Å². The van der Waals surface area contributed by atoms with E-state index in [0.717, 1.165) is 0 Å². The molecule has 2 aromatic heterocycles. The number of amides is 1. The second kappa shape index (κ2) is 13.4. The summed E-state index contributed by atoms with van der Waals surface area (Å²) in [6.07, 6.45) is -3.30. The number of nitrogens with one attached hydrogen (secondary N) is 1. The maximum atomic E-state index is 14.2. The first kappa shape index (κ1) is 34.0. The highest BCUT2D eigenvalue weighted by Gasteiger charge is 2.34. The number of anilines is 1. The highest BCUT2D eigenvalue weighted by molar-refractivity contribution is 6.74. The molecule has 1 amide bonds. The topological polar surface area (TPSA) is 121 Å². The van der Waals surface area contributed by atoms with Gasteiger partial charge in [0.2, 0.25) is 20.7 Å². The third-order valence-electron chi connectivity index (χ3n) is 7.51. The van der Waals surface area contributed by atoms with Crippen molar-refractivity contribution in [3.63, 3.8) is 0 Å². The SMILES string of the molecule is CCOC(=O)c1ncc(-n2c(N[Si](C)c3ccc(OC(F)(F)F)cc3)nc3c(c2=O)C[C@@H](C)N(C(=O)c2ccc(Cl)c(Cl)c2)C3)n1C. The zero-order valence-corrected chi connectivity index (χ0v) is 28.0. The second-order valence-corrected chi connectivity index (χ2v) is 13.5. The molecule has 17 heteroatoms. The Hall–Kier alpha value is -4.34. The second-order valence-electron chi connectivity index (χ2n) is 10.7. The normalized spacial score (nSPS) is 14.6. The molecule has 0 bridgehead atoms. The number of benzene rings is 2. The van der Waals surface area contributed by atoms with Crippen LogP contribution in [0, 0.1) is 0 Å². The zero-order chi connectivity index (χ0) is 34.2. The fraction of sp³-hybridized carbons (Fsp3) is 0.300. The van der Waals surface area contributed by atoms with Crippen LogP contribution in [0.5, 0.6) is 5.75 Å². The Morgan fingerprint density at radius 3 is 2.47 bits per heavy atom. The van der Waals surface area contributed by atoms with Gasteiger partial charge in [-0.3, -0.25) is 9.59 Å². The predicted octanol–water partition coefficient (Wildman–Crippen LogP) is 4.88. The minimum Gasteiger partial charge on any atom is -0.460 e. The third kappa shape index (κ3) is 7.16. The van der Waals surface area contributed by atoms with Gasteiger partial charge in [-0.25, -0.2) is 19.3 Å². The lowest BCUT2D eigenvalue weighted by Crippen LogP contribution is -2.47. The molecule has 0 unspecified atom stereocenters. The smallest absolute Gasteiger partial charge is 0.460 e. The van der Waals surface area contributed by atoms with Gasteiger partial charge < -0.3 is 23.9 Å². The number of imidazole rings is 1. The van der Waals surface area contributed by atoms with E-state index < -0.39 is 32.9 Å². The summed E-state index contributed by atoms with van der Waals surface area (Å²) in [4.78, 5) is 54.2. The minimum absolute atomic E-state index is 0.00900. The van der Waals surface area contributed by atoms with Gasteiger partial charge in [0, 0.05) is 24.2 Å². The molecule has 1 aliphatic rings. The van der Waals surface area contributed by atoms with Crippen LogP contribution in [0.4, 0.5) is 19.1 Å². The van der Waals surface area contributed by atoms with Crippen LogP contribution < -0.4 is 20.5 Å². The fourth-order valence-electron chi connectivity index (χ4n) is 5.16. The molecule has 47 heavy (non-hydrogen) atoms. The standard InChI is InChI=1S/C30H28Cl2F3N6O5Si/c1-5-45-28(44)25-36-14-24(39(25)3)41-27(43)20-12-16(2)40(26(42)17-6-11-21(31)22(32)13-17)15-23(20)37-29(41)38-47(4)19-9-7-18(8-10-19)46-30(33,34)35/h6-11,13-14,16H,5,12,15H2,1-4H3,(H,37,38)/t16-/m1/s1. The van der Waals surface area contributed by atoms with Crippen molar-refractivity contribution in [3.05, 3.63) is 91.7 Å². The molecule has 1 aliphatic heterocycles. The molecule has 11 nitrogen and oxygen atoms in total. The number of carbonyl (C=O) groups excluding carboxylic acids is 2. The number of rotatable bonds is 8. The van der Waals surface area contributed by atoms with E-state index in [0.29, 0.717) is 27.0 Å². The lowest BCUT2D eigenvalue weighted by Gasteiger charge is -2.35. The van der Waals surface area contributed by atoms with Crippen molar-refractivity contribution < 1.29 is 32.2 Å². The number of esters is 1. The van der Waals surface area contributed by atoms with E-state index in [1.165, 1.54) is 51.7 Å². The van der Waals surface area contributed by atoms with Crippen LogP contribution in [0.3, 0.4) is 0 Å². The van der Waals surface area contributed by atoms with Gasteiger partial charge in [-0.2, -0.15) is 0 Å². The Balaban J connectivity index is 1.56. The molecule has 5 rings (SSSR count). The number of hydrogen-bond acceptors (Lipinski definition) is 8. The summed E-state index contributed by atoms with van der Waals surface area (Å²) in [5, 5.41) is 1.19. The van der Waals surface area contributed by atoms with Crippen LogP contribution in [0.2, 0.25) is 16.6 Å². The van der Waals surface area contributed by atoms with Crippen molar-refractivity contribution in [2.45, 2.75) is 45.8 Å². The average Bonchev–Trinajstić information content (AvgIpc) is 3.38. The van der Waals surface area contributed by atoms with E-state index in [1.807, 2.05) is 13.5 Å². The van der Waals surface area contributed by atoms with Gasteiger partial charge in [0.25, 0.3) is 11.5 Å². The number of alkyl halides is 3. The number of hydrogen-bond donors (Lipinski definition) is 1. The number of aromatic nitrogens is 4. The zero-order valence-electron chi connectivity index (χ0n) is 25.5. The van der Waals surface area contributed by atoms with Crippen molar-refractivity contribution >= 4 is 55.2 Å². The third-order valence-corrected chi connectivity index (χ3v) is 10.0. The molecular weight excluding hydrogens is 680 g/mol. The van der Waals surface area contributed by atoms with E-state index in [1.54, 1.807) is 24.9 Å². The number of halogens is 5. The van der Waals surface area contributed by atoms with Gasteiger partial charge in [-0.1, -0.05) is 35.3 Å². The van der Waals surface area contributed by atoms with Crippen molar-refractivity contribution in [1.82, 2.24) is 24.0 Å². The first-order valence-electron chi connectivity index (χ1n) is 14.2. The molecule has 1 atom stereocenters. The molecule has 0 spiro atoms. The van der Waals surface area contributed by atoms with Crippen LogP contribution >= 0.6 is 23.2 Å². The van der Waals surface area contributed by atoms with E-state index in [4.69, 9.17) is 32.9 Å². The molecule has 0 aliphatic carbocycles. The Morgan fingerprint density at radius 2 is 1.83 bits per heavy atom. The van der Waals surface area contributed by atoms with Crippen LogP contribution in [0.25, 0.3) is 5.82 Å². The quantitative estimate of drug-likeness (QED) is 0.203. The summed E-state index contributed by atoms with van der Waals surface area (Å²) in [6, 6.07) is 9.57. The minimum atomic E-state index is -4.83. The molecule has 0 saturated heterocycles. The molecule has 1 radical (unpaired) electrons. The van der Waals surface area contributed by atoms with Crippen LogP contribution in [0.1, 0.15) is 46.1 Å². The Kier molecular flexibility index (Phi) is 9.70. The predicted molar refractivity (Wildman–Crippen MR) is 170 cm³/mol. The first-order chi connectivity index (χ1) is 22.2. The van der Waals surface area contributed by atoms with Gasteiger partial charge in [0.15, 0.2) is 0 Å². The number of ether oxygens (including phenoxy) is 2. The van der Waals surface area contributed by atoms with Gasteiger partial charge in [-0.15, -0.1) is 13.2 Å². The maximum Gasteiger partial charge on any atom is 0.573 e. The largest absolute Gasteiger partial charge is 0.573 e. The summed E-state index contributed by atoms with van der Waals surface area (Å²) in [6.45, 7) is 5.43. The Bertz CT molecular complexity index is 1900. The molecule has 0 saturated carbocycles. The van der Waals surface area contributed by atoms with Crippen molar-refractivity contribution in [2.75, 3.05) is 11.6 Å². The molecule has 247 valence electrons. The van der Waals surface area contributed by atoms with Gasteiger partial charge >= 0.3 is 12.3 Å². The Labute approximate surface area is 278 Å². The van der Waals surface area contributed by atoms with E-state index in [9.17, 15) is 27.6 Å². The number of nitrogens with zero attached hydrogens (tertiary/aromatic N) is 5. The Morgan fingerprint density at radius 1 is 1.13 bits per heavy atom. The summed E-state index contributed by atoms with van der Waals surface area (Å²) in [5.74, 6) is -1.10. The monoisotopic (exact) mass is 707 g/mol. The number of carbonyl (C=O) groups is 2. The molecule has 1 N–H and O–H groups in total.